The van der Waals surface area contributed by atoms with E-state index < -0.39 is 28.9 Å². The normalized spacial score (nSPS) is 16.5. The molecule has 1 aliphatic carbocycles. The van der Waals surface area contributed by atoms with Crippen molar-refractivity contribution in [3.8, 4) is 0 Å². The highest BCUT2D eigenvalue weighted by Gasteiger charge is 2.31. The van der Waals surface area contributed by atoms with Crippen molar-refractivity contribution in [2.75, 3.05) is 11.9 Å². The molecule has 22 heavy (non-hydrogen) atoms. The number of pyridine rings is 1. The number of halogens is 3. The van der Waals surface area contributed by atoms with Gasteiger partial charge in [0.15, 0.2) is 0 Å². The minimum absolute atomic E-state index is 0.000654. The Hall–Kier alpha value is -1.83. The average Bonchev–Trinajstić information content (AvgIpc) is 2.47. The molecule has 0 atom stereocenters. The van der Waals surface area contributed by atoms with Crippen molar-refractivity contribution in [2.24, 2.45) is 0 Å². The molecule has 1 aromatic heterocycles. The molecule has 8 heteroatoms. The fraction of sp³-hybridized carbons (Fsp3) is 0.571. The number of aromatic nitrogens is 1. The Balaban J connectivity index is 1.94. The van der Waals surface area contributed by atoms with Gasteiger partial charge in [0, 0.05) is 6.20 Å². The van der Waals surface area contributed by atoms with Gasteiger partial charge in [0.25, 0.3) is 11.5 Å². The Morgan fingerprint density at radius 3 is 2.64 bits per heavy atom. The van der Waals surface area contributed by atoms with Crippen molar-refractivity contribution in [1.82, 2.24) is 4.98 Å². The van der Waals surface area contributed by atoms with Gasteiger partial charge in [-0.2, -0.15) is 13.2 Å². The fourth-order valence-corrected chi connectivity index (χ4v) is 2.35. The van der Waals surface area contributed by atoms with Crippen molar-refractivity contribution in [1.29, 1.82) is 0 Å². The third-order valence-electron chi connectivity index (χ3n) is 3.51. The summed E-state index contributed by atoms with van der Waals surface area (Å²) in [7, 11) is 0. The number of rotatable bonds is 4. The molecule has 1 amide bonds. The lowest BCUT2D eigenvalue weighted by molar-refractivity contribution is -0.137. The number of carbonyl (C=O) groups excluding carboxylic acids is 1. The van der Waals surface area contributed by atoms with Crippen molar-refractivity contribution in [3.63, 3.8) is 0 Å². The second kappa shape index (κ2) is 6.95. The lowest BCUT2D eigenvalue weighted by atomic mass is 9.98. The summed E-state index contributed by atoms with van der Waals surface area (Å²) in [5.74, 6) is -0.643. The van der Waals surface area contributed by atoms with Crippen molar-refractivity contribution in [3.05, 3.63) is 28.2 Å². The lowest BCUT2D eigenvalue weighted by Crippen LogP contribution is -2.27. The number of hydrogen-bond acceptors (Lipinski definition) is 3. The van der Waals surface area contributed by atoms with E-state index in [0.717, 1.165) is 32.1 Å². The zero-order valence-corrected chi connectivity index (χ0v) is 11.8. The molecule has 5 nitrogen and oxygen atoms in total. The summed E-state index contributed by atoms with van der Waals surface area (Å²) in [4.78, 5) is 25.1. The Labute approximate surface area is 124 Å². The van der Waals surface area contributed by atoms with Crippen LogP contribution in [0.2, 0.25) is 0 Å². The first kappa shape index (κ1) is 16.5. The maximum absolute atomic E-state index is 12.6. The van der Waals surface area contributed by atoms with Crippen LogP contribution in [0.4, 0.5) is 18.9 Å². The van der Waals surface area contributed by atoms with Crippen molar-refractivity contribution < 1.29 is 22.7 Å². The lowest BCUT2D eigenvalue weighted by Gasteiger charge is -2.21. The number of hydrogen-bond donors (Lipinski definition) is 2. The third-order valence-corrected chi connectivity index (χ3v) is 3.51. The zero-order chi connectivity index (χ0) is 16.2. The van der Waals surface area contributed by atoms with E-state index in [4.69, 9.17) is 4.74 Å². The smallest absolute Gasteiger partial charge is 0.368 e. The van der Waals surface area contributed by atoms with Crippen LogP contribution in [0.15, 0.2) is 17.1 Å². The molecule has 1 fully saturated rings. The van der Waals surface area contributed by atoms with E-state index in [1.807, 2.05) is 4.98 Å². The van der Waals surface area contributed by atoms with Crippen LogP contribution in [0.3, 0.4) is 0 Å². The summed E-state index contributed by atoms with van der Waals surface area (Å²) >= 11 is 0. The van der Waals surface area contributed by atoms with Crippen LogP contribution in [-0.4, -0.2) is 23.6 Å². The van der Waals surface area contributed by atoms with Crippen LogP contribution in [0.25, 0.3) is 0 Å². The molecule has 1 heterocycles. The van der Waals surface area contributed by atoms with E-state index in [-0.39, 0.29) is 12.7 Å². The number of alkyl halides is 3. The summed E-state index contributed by atoms with van der Waals surface area (Å²) in [6.45, 7) is -0.277. The van der Waals surface area contributed by atoms with Gasteiger partial charge in [0.2, 0.25) is 0 Å². The van der Waals surface area contributed by atoms with Crippen LogP contribution in [0.5, 0.6) is 0 Å². The van der Waals surface area contributed by atoms with Gasteiger partial charge in [0.1, 0.15) is 12.3 Å². The standard InChI is InChI=1S/C14H17F3N2O3/c15-14(16,17)9-6-11(13(21)18-7-9)19-12(20)8-22-10-4-2-1-3-5-10/h6-7,10H,1-5,8H2,(H,18,21)(H,19,20). The van der Waals surface area contributed by atoms with Crippen molar-refractivity contribution >= 4 is 11.6 Å². The summed E-state index contributed by atoms with van der Waals surface area (Å²) in [5.41, 5.74) is -2.26. The molecule has 2 N–H and O–H groups in total. The van der Waals surface area contributed by atoms with E-state index in [1.165, 1.54) is 0 Å². The number of H-pyrrole nitrogens is 1. The van der Waals surface area contributed by atoms with Gasteiger partial charge in [-0.1, -0.05) is 19.3 Å². The molecular weight excluding hydrogens is 301 g/mol. The van der Waals surface area contributed by atoms with Gasteiger partial charge in [-0.25, -0.2) is 0 Å². The number of anilines is 1. The predicted octanol–water partition coefficient (Wildman–Crippen LogP) is 2.68. The number of nitrogens with one attached hydrogen (secondary N) is 2. The second-order valence-corrected chi connectivity index (χ2v) is 5.25. The van der Waals surface area contributed by atoms with Gasteiger partial charge in [-0.05, 0) is 18.9 Å². The first-order valence-electron chi connectivity index (χ1n) is 7.07. The van der Waals surface area contributed by atoms with E-state index in [2.05, 4.69) is 5.32 Å². The topological polar surface area (TPSA) is 71.2 Å². The molecular formula is C14H17F3N2O3. The number of amides is 1. The highest BCUT2D eigenvalue weighted by atomic mass is 19.4. The minimum Gasteiger partial charge on any atom is -0.368 e. The Morgan fingerprint density at radius 1 is 1.32 bits per heavy atom. The molecule has 0 aliphatic heterocycles. The number of carbonyl (C=O) groups is 1. The Bertz CT molecular complexity index is 577. The molecule has 1 aromatic rings. The van der Waals surface area contributed by atoms with Crippen LogP contribution in [0, 0.1) is 0 Å². The highest BCUT2D eigenvalue weighted by Crippen LogP contribution is 2.29. The van der Waals surface area contributed by atoms with E-state index in [1.54, 1.807) is 0 Å². The average molecular weight is 318 g/mol. The van der Waals surface area contributed by atoms with Gasteiger partial charge in [0.05, 0.1) is 11.7 Å². The molecule has 0 unspecified atom stereocenters. The number of ether oxygens (including phenoxy) is 1. The van der Waals surface area contributed by atoms with Crippen LogP contribution >= 0.6 is 0 Å². The second-order valence-electron chi connectivity index (χ2n) is 5.25. The van der Waals surface area contributed by atoms with Gasteiger partial charge >= 0.3 is 6.18 Å². The summed E-state index contributed by atoms with van der Waals surface area (Å²) in [6.07, 6.45) is 0.942. The molecule has 1 aliphatic rings. The largest absolute Gasteiger partial charge is 0.417 e. The highest BCUT2D eigenvalue weighted by molar-refractivity contribution is 5.91. The minimum atomic E-state index is -4.59. The van der Waals surface area contributed by atoms with Gasteiger partial charge < -0.3 is 15.0 Å². The molecule has 0 spiro atoms. The first-order valence-corrected chi connectivity index (χ1v) is 7.07. The summed E-state index contributed by atoms with van der Waals surface area (Å²) < 4.78 is 43.1. The number of aromatic amines is 1. The van der Waals surface area contributed by atoms with Crippen LogP contribution < -0.4 is 10.9 Å². The van der Waals surface area contributed by atoms with E-state index in [9.17, 15) is 22.8 Å². The molecule has 0 bridgehead atoms. The SMILES string of the molecule is O=C(COC1CCCCC1)Nc1cc(C(F)(F)F)c[nH]c1=O. The van der Waals surface area contributed by atoms with Crippen LogP contribution in [0.1, 0.15) is 37.7 Å². The van der Waals surface area contributed by atoms with Gasteiger partial charge in [-0.15, -0.1) is 0 Å². The van der Waals surface area contributed by atoms with Gasteiger partial charge in [-0.3, -0.25) is 9.59 Å². The Kier molecular flexibility index (Phi) is 5.23. The predicted molar refractivity (Wildman–Crippen MR) is 73.5 cm³/mol. The molecule has 0 saturated heterocycles. The van der Waals surface area contributed by atoms with E-state index >= 15 is 0 Å². The quantitative estimate of drug-likeness (QED) is 0.896. The summed E-state index contributed by atoms with van der Waals surface area (Å²) in [6, 6.07) is 0.608. The molecule has 1 saturated carbocycles. The van der Waals surface area contributed by atoms with E-state index in [0.29, 0.717) is 12.3 Å². The first-order chi connectivity index (χ1) is 10.4. The molecule has 2 rings (SSSR count). The Morgan fingerprint density at radius 2 is 2.00 bits per heavy atom. The monoisotopic (exact) mass is 318 g/mol. The summed E-state index contributed by atoms with van der Waals surface area (Å²) in [5, 5.41) is 2.15. The fourth-order valence-electron chi connectivity index (χ4n) is 2.35. The van der Waals surface area contributed by atoms with Crippen molar-refractivity contribution in [2.45, 2.75) is 44.4 Å². The molecule has 0 aromatic carbocycles. The maximum atomic E-state index is 12.6. The zero-order valence-electron chi connectivity index (χ0n) is 11.8. The third kappa shape index (κ3) is 4.59. The molecule has 122 valence electrons. The molecule has 0 radical (unpaired) electrons. The van der Waals surface area contributed by atoms with Crippen LogP contribution in [-0.2, 0) is 15.7 Å². The maximum Gasteiger partial charge on any atom is 0.417 e.